The minimum absolute atomic E-state index is 0.0363. The molecule has 0 amide bonds. The summed E-state index contributed by atoms with van der Waals surface area (Å²) in [7, 11) is 0. The summed E-state index contributed by atoms with van der Waals surface area (Å²) in [4.78, 5) is 29.4. The lowest BCUT2D eigenvalue weighted by Gasteiger charge is -2.20. The molecule has 0 aliphatic heterocycles. The van der Waals surface area contributed by atoms with E-state index in [1.54, 1.807) is 37.4 Å². The van der Waals surface area contributed by atoms with E-state index in [1.807, 2.05) is 56.3 Å². The van der Waals surface area contributed by atoms with Gasteiger partial charge in [0, 0.05) is 29.8 Å². The number of hydrogen-bond donors (Lipinski definition) is 0. The first-order valence-electron chi connectivity index (χ1n) is 10.6. The Morgan fingerprint density at radius 3 is 2.34 bits per heavy atom. The number of carbonyl (C=O) groups excluding carboxylic acids is 2. The minimum Gasteiger partial charge on any atom is -0.465 e. The standard InChI is InChI=1S/C27H26N2O3/c1-4-32-27(31)25(17-28)21-11-9-20(10-12-21)24(23-8-6-5-7-18(23)2)16-26(30)22-13-14-29-19(3)15-22/h5-15,24-25H,4,16H2,1-3H3. The fraction of sp³-hybridized carbons (Fsp3) is 0.259. The first-order chi connectivity index (χ1) is 15.4. The van der Waals surface area contributed by atoms with Gasteiger partial charge in [0.2, 0.25) is 0 Å². The second-order valence-corrected chi connectivity index (χ2v) is 7.70. The van der Waals surface area contributed by atoms with Gasteiger partial charge in [-0.1, -0.05) is 48.5 Å². The highest BCUT2D eigenvalue weighted by molar-refractivity contribution is 5.96. The van der Waals surface area contributed by atoms with Crippen molar-refractivity contribution >= 4 is 11.8 Å². The zero-order valence-electron chi connectivity index (χ0n) is 18.5. The first kappa shape index (κ1) is 22.9. The van der Waals surface area contributed by atoms with E-state index in [0.717, 1.165) is 22.4 Å². The van der Waals surface area contributed by atoms with Crippen molar-refractivity contribution in [1.29, 1.82) is 5.26 Å². The lowest BCUT2D eigenvalue weighted by Crippen LogP contribution is -2.15. The molecular weight excluding hydrogens is 400 g/mol. The van der Waals surface area contributed by atoms with Crippen LogP contribution in [0.5, 0.6) is 0 Å². The summed E-state index contributed by atoms with van der Waals surface area (Å²) in [6, 6.07) is 20.9. The number of ether oxygens (including phenoxy) is 1. The van der Waals surface area contributed by atoms with Crippen LogP contribution in [0.1, 0.15) is 63.5 Å². The third kappa shape index (κ3) is 5.28. The number of esters is 1. The number of aromatic nitrogens is 1. The summed E-state index contributed by atoms with van der Waals surface area (Å²) in [5, 5.41) is 9.44. The van der Waals surface area contributed by atoms with E-state index < -0.39 is 11.9 Å². The smallest absolute Gasteiger partial charge is 0.327 e. The van der Waals surface area contributed by atoms with Crippen LogP contribution in [-0.4, -0.2) is 23.3 Å². The minimum atomic E-state index is -0.970. The quantitative estimate of drug-likeness (QED) is 0.362. The van der Waals surface area contributed by atoms with Crippen LogP contribution in [0.15, 0.2) is 66.9 Å². The Kier molecular flexibility index (Phi) is 7.51. The number of nitriles is 1. The molecule has 2 unspecified atom stereocenters. The Hall–Kier alpha value is -3.78. The molecule has 0 fully saturated rings. The highest BCUT2D eigenvalue weighted by atomic mass is 16.5. The van der Waals surface area contributed by atoms with Crippen molar-refractivity contribution < 1.29 is 14.3 Å². The van der Waals surface area contributed by atoms with Gasteiger partial charge in [0.1, 0.15) is 0 Å². The molecule has 5 heteroatoms. The van der Waals surface area contributed by atoms with Crippen LogP contribution in [0, 0.1) is 25.2 Å². The lowest BCUT2D eigenvalue weighted by molar-refractivity contribution is -0.143. The van der Waals surface area contributed by atoms with Gasteiger partial charge < -0.3 is 4.74 Å². The normalized spacial score (nSPS) is 12.4. The van der Waals surface area contributed by atoms with Gasteiger partial charge in [0.15, 0.2) is 11.7 Å². The van der Waals surface area contributed by atoms with Crippen LogP contribution in [0.2, 0.25) is 0 Å². The molecule has 32 heavy (non-hydrogen) atoms. The van der Waals surface area contributed by atoms with Gasteiger partial charge in [0.25, 0.3) is 0 Å². The Morgan fingerprint density at radius 1 is 1.03 bits per heavy atom. The topological polar surface area (TPSA) is 80.0 Å². The molecule has 0 bridgehead atoms. The monoisotopic (exact) mass is 426 g/mol. The molecule has 0 saturated heterocycles. The first-order valence-corrected chi connectivity index (χ1v) is 10.6. The van der Waals surface area contributed by atoms with Crippen molar-refractivity contribution in [3.8, 4) is 6.07 Å². The Balaban J connectivity index is 1.95. The van der Waals surface area contributed by atoms with Crippen molar-refractivity contribution in [1.82, 2.24) is 4.98 Å². The molecule has 3 aromatic rings. The average Bonchev–Trinajstić information content (AvgIpc) is 2.79. The van der Waals surface area contributed by atoms with Crippen LogP contribution >= 0.6 is 0 Å². The Morgan fingerprint density at radius 2 is 1.72 bits per heavy atom. The van der Waals surface area contributed by atoms with Gasteiger partial charge >= 0.3 is 5.97 Å². The number of carbonyl (C=O) groups is 2. The van der Waals surface area contributed by atoms with Gasteiger partial charge in [-0.05, 0) is 55.2 Å². The molecule has 2 aromatic carbocycles. The number of benzene rings is 2. The molecule has 162 valence electrons. The number of pyridine rings is 1. The van der Waals surface area contributed by atoms with Crippen molar-refractivity contribution in [3.63, 3.8) is 0 Å². The van der Waals surface area contributed by atoms with E-state index in [4.69, 9.17) is 4.74 Å². The Labute approximate surface area is 188 Å². The van der Waals surface area contributed by atoms with Gasteiger partial charge in [-0.2, -0.15) is 5.26 Å². The largest absolute Gasteiger partial charge is 0.465 e. The third-order valence-electron chi connectivity index (χ3n) is 5.50. The molecule has 5 nitrogen and oxygen atoms in total. The summed E-state index contributed by atoms with van der Waals surface area (Å²) in [6.07, 6.45) is 1.95. The molecule has 0 aliphatic carbocycles. The van der Waals surface area contributed by atoms with Gasteiger partial charge in [-0.15, -0.1) is 0 Å². The van der Waals surface area contributed by atoms with Gasteiger partial charge in [-0.25, -0.2) is 0 Å². The maximum absolute atomic E-state index is 13.1. The molecule has 0 N–H and O–H groups in total. The molecule has 0 saturated carbocycles. The summed E-state index contributed by atoms with van der Waals surface area (Å²) in [5.74, 6) is -1.65. The molecule has 2 atom stereocenters. The number of hydrogen-bond acceptors (Lipinski definition) is 5. The van der Waals surface area contributed by atoms with Crippen LogP contribution in [0.4, 0.5) is 0 Å². The maximum atomic E-state index is 13.1. The maximum Gasteiger partial charge on any atom is 0.327 e. The van der Waals surface area contributed by atoms with Crippen molar-refractivity contribution in [2.75, 3.05) is 6.61 Å². The summed E-state index contributed by atoms with van der Waals surface area (Å²) < 4.78 is 5.01. The highest BCUT2D eigenvalue weighted by Crippen LogP contribution is 2.32. The van der Waals surface area contributed by atoms with Gasteiger partial charge in [-0.3, -0.25) is 14.6 Å². The zero-order chi connectivity index (χ0) is 23.1. The van der Waals surface area contributed by atoms with E-state index in [2.05, 4.69) is 4.98 Å². The van der Waals surface area contributed by atoms with Gasteiger partial charge in [0.05, 0.1) is 12.7 Å². The predicted molar refractivity (Wildman–Crippen MR) is 122 cm³/mol. The van der Waals surface area contributed by atoms with E-state index >= 15 is 0 Å². The van der Waals surface area contributed by atoms with Crippen LogP contribution in [-0.2, 0) is 9.53 Å². The zero-order valence-corrected chi connectivity index (χ0v) is 18.5. The number of ketones is 1. The molecule has 0 aliphatic rings. The summed E-state index contributed by atoms with van der Waals surface area (Å²) in [6.45, 7) is 5.83. The SMILES string of the molecule is CCOC(=O)C(C#N)c1ccc(C(CC(=O)c2ccnc(C)c2)c2ccccc2C)cc1. The van der Waals surface area contributed by atoms with Crippen molar-refractivity contribution in [3.05, 3.63) is 100 Å². The molecule has 0 spiro atoms. The number of nitrogens with zero attached hydrogens (tertiary/aromatic N) is 2. The van der Waals surface area contributed by atoms with Crippen LogP contribution in [0.3, 0.4) is 0 Å². The van der Waals surface area contributed by atoms with Crippen molar-refractivity contribution in [2.24, 2.45) is 0 Å². The second kappa shape index (κ2) is 10.5. The fourth-order valence-electron chi connectivity index (χ4n) is 3.82. The fourth-order valence-corrected chi connectivity index (χ4v) is 3.82. The molecule has 3 rings (SSSR count). The predicted octanol–water partition coefficient (Wildman–Crippen LogP) is 5.27. The number of aryl methyl sites for hydroxylation is 2. The third-order valence-corrected chi connectivity index (χ3v) is 5.50. The van der Waals surface area contributed by atoms with E-state index in [-0.39, 0.29) is 18.3 Å². The highest BCUT2D eigenvalue weighted by Gasteiger charge is 2.24. The molecule has 1 heterocycles. The summed E-state index contributed by atoms with van der Waals surface area (Å²) in [5.41, 5.74) is 5.13. The van der Waals surface area contributed by atoms with Crippen LogP contribution in [0.25, 0.3) is 0 Å². The Bertz CT molecular complexity index is 1150. The van der Waals surface area contributed by atoms with Crippen LogP contribution < -0.4 is 0 Å². The second-order valence-electron chi connectivity index (χ2n) is 7.70. The number of Topliss-reactive ketones (excluding diaryl/α,β-unsaturated/α-hetero) is 1. The molecule has 1 aromatic heterocycles. The molecule has 0 radical (unpaired) electrons. The van der Waals surface area contributed by atoms with E-state index in [0.29, 0.717) is 17.5 Å². The average molecular weight is 427 g/mol. The number of rotatable bonds is 8. The van der Waals surface area contributed by atoms with E-state index in [9.17, 15) is 14.9 Å². The van der Waals surface area contributed by atoms with Crippen molar-refractivity contribution in [2.45, 2.75) is 39.0 Å². The van der Waals surface area contributed by atoms with E-state index in [1.165, 1.54) is 0 Å². The lowest BCUT2D eigenvalue weighted by atomic mass is 9.83. The summed E-state index contributed by atoms with van der Waals surface area (Å²) >= 11 is 0. The molecular formula is C27H26N2O3.